The van der Waals surface area contributed by atoms with E-state index in [1.165, 1.54) is 11.1 Å². The summed E-state index contributed by atoms with van der Waals surface area (Å²) >= 11 is 0. The molecule has 0 saturated carbocycles. The predicted octanol–water partition coefficient (Wildman–Crippen LogP) is 4.10. The van der Waals surface area contributed by atoms with Gasteiger partial charge in [0.25, 0.3) is 0 Å². The molecule has 5 atom stereocenters. The molecule has 3 aliphatic rings. The van der Waals surface area contributed by atoms with Crippen LogP contribution in [0.5, 0.6) is 11.5 Å². The number of methoxy groups -OCH3 is 2. The smallest absolute Gasteiger partial charge is 0.410 e. The quantitative estimate of drug-likeness (QED) is 0.671. The number of hydrogen-bond donors (Lipinski definition) is 1. The van der Waals surface area contributed by atoms with E-state index in [2.05, 4.69) is 50.0 Å². The van der Waals surface area contributed by atoms with E-state index in [0.29, 0.717) is 43.0 Å². The first-order valence-corrected chi connectivity index (χ1v) is 13.0. The highest BCUT2D eigenvalue weighted by Gasteiger charge is 2.40. The highest BCUT2D eigenvalue weighted by atomic mass is 16.6. The molecule has 0 aromatic heterocycles. The Morgan fingerprint density at radius 3 is 2.56 bits per heavy atom. The highest BCUT2D eigenvalue weighted by Crippen LogP contribution is 2.45. The van der Waals surface area contributed by atoms with Crippen LogP contribution in [0.2, 0.25) is 0 Å². The van der Waals surface area contributed by atoms with E-state index in [9.17, 15) is 4.79 Å². The van der Waals surface area contributed by atoms with Crippen molar-refractivity contribution in [3.63, 3.8) is 0 Å². The summed E-state index contributed by atoms with van der Waals surface area (Å²) in [4.78, 5) is 17.5. The van der Waals surface area contributed by atoms with Crippen LogP contribution in [0.1, 0.15) is 57.7 Å². The first-order valence-electron chi connectivity index (χ1n) is 13.0. The third kappa shape index (κ3) is 5.30. The minimum absolute atomic E-state index is 0.157. The Hall–Kier alpha value is -1.99. The maximum absolute atomic E-state index is 13.0. The third-order valence-electron chi connectivity index (χ3n) is 7.97. The van der Waals surface area contributed by atoms with Gasteiger partial charge in [-0.25, -0.2) is 4.79 Å². The van der Waals surface area contributed by atoms with E-state index in [4.69, 9.17) is 14.2 Å². The molecule has 0 aliphatic carbocycles. The molecule has 4 rings (SSSR count). The number of hydrogen-bond acceptors (Lipinski definition) is 6. The molecule has 1 N–H and O–H groups in total. The van der Waals surface area contributed by atoms with Gasteiger partial charge in [-0.2, -0.15) is 0 Å². The lowest BCUT2D eigenvalue weighted by Crippen LogP contribution is -2.56. The fourth-order valence-electron chi connectivity index (χ4n) is 6.12. The standard InChI is InChI=1S/C27H43N3O4/c1-17(2)9-21-15-29-8-7-20-11-25(32-5)26(33-6)12-23(20)24(29)10-22(21)16-34-27(31)30-14-18(3)28-13-19(30)4/h11-12,17-19,21-22,24,28H,7-10,13-16H2,1-6H3/t18-,19+,21+,22-,24+/m0/s1. The maximum Gasteiger partial charge on any atom is 0.410 e. The molecule has 2 saturated heterocycles. The molecule has 0 bridgehead atoms. The number of rotatable bonds is 6. The minimum Gasteiger partial charge on any atom is -0.493 e. The largest absolute Gasteiger partial charge is 0.493 e. The van der Waals surface area contributed by atoms with E-state index in [1.807, 2.05) is 4.90 Å². The van der Waals surface area contributed by atoms with E-state index < -0.39 is 0 Å². The first kappa shape index (κ1) is 25.1. The van der Waals surface area contributed by atoms with Crippen molar-refractivity contribution in [1.82, 2.24) is 15.1 Å². The second kappa shape index (κ2) is 10.7. The molecule has 3 heterocycles. The number of nitrogens with one attached hydrogen (secondary N) is 1. The lowest BCUT2D eigenvalue weighted by atomic mass is 9.74. The molecule has 0 radical (unpaired) electrons. The molecule has 0 unspecified atom stereocenters. The molecule has 1 aromatic carbocycles. The van der Waals surface area contributed by atoms with Crippen LogP contribution in [0, 0.1) is 17.8 Å². The van der Waals surface area contributed by atoms with E-state index in [-0.39, 0.29) is 12.1 Å². The number of fused-ring (bicyclic) bond motifs is 3. The van der Waals surface area contributed by atoms with Crippen LogP contribution >= 0.6 is 0 Å². The fourth-order valence-corrected chi connectivity index (χ4v) is 6.12. The molecule has 1 aromatic rings. The van der Waals surface area contributed by atoms with Gasteiger partial charge in [-0.15, -0.1) is 0 Å². The minimum atomic E-state index is -0.165. The Labute approximate surface area is 205 Å². The Morgan fingerprint density at radius 2 is 1.85 bits per heavy atom. The Kier molecular flexibility index (Phi) is 7.93. The zero-order valence-corrected chi connectivity index (χ0v) is 21.8. The summed E-state index contributed by atoms with van der Waals surface area (Å²) in [5.41, 5.74) is 2.69. The number of amides is 1. The number of ether oxygens (including phenoxy) is 3. The molecule has 3 aliphatic heterocycles. The number of carbonyl (C=O) groups is 1. The van der Waals surface area contributed by atoms with Gasteiger partial charge in [-0.3, -0.25) is 4.90 Å². The highest BCUT2D eigenvalue weighted by molar-refractivity contribution is 5.68. The second-order valence-corrected chi connectivity index (χ2v) is 10.9. The molecule has 190 valence electrons. The van der Waals surface area contributed by atoms with Crippen molar-refractivity contribution in [2.45, 2.75) is 65.1 Å². The summed E-state index contributed by atoms with van der Waals surface area (Å²) in [6.45, 7) is 12.9. The number of piperazine rings is 1. The summed E-state index contributed by atoms with van der Waals surface area (Å²) in [5.74, 6) is 3.09. The number of piperidine rings is 1. The lowest BCUT2D eigenvalue weighted by Gasteiger charge is -2.47. The van der Waals surface area contributed by atoms with Crippen molar-refractivity contribution in [2.24, 2.45) is 17.8 Å². The summed E-state index contributed by atoms with van der Waals surface area (Å²) < 4.78 is 17.2. The van der Waals surface area contributed by atoms with Crippen LogP contribution < -0.4 is 14.8 Å². The number of benzene rings is 1. The van der Waals surface area contributed by atoms with Gasteiger partial charge in [0.2, 0.25) is 0 Å². The zero-order valence-electron chi connectivity index (χ0n) is 21.8. The van der Waals surface area contributed by atoms with E-state index in [0.717, 1.165) is 50.4 Å². The van der Waals surface area contributed by atoms with Crippen LogP contribution in [0.3, 0.4) is 0 Å². The molecule has 1 amide bonds. The van der Waals surface area contributed by atoms with Crippen molar-refractivity contribution < 1.29 is 19.0 Å². The van der Waals surface area contributed by atoms with Crippen molar-refractivity contribution in [3.8, 4) is 11.5 Å². The SMILES string of the molecule is COc1cc2c(cc1OC)[C@H]1C[C@@H](COC(=O)N3C[C@H](C)NC[C@H]3C)[C@H](CC(C)C)CN1CC2. The predicted molar refractivity (Wildman–Crippen MR) is 134 cm³/mol. The van der Waals surface area contributed by atoms with Crippen LogP contribution in [-0.4, -0.2) is 75.0 Å². The molecule has 0 spiro atoms. The Bertz CT molecular complexity index is 861. The summed E-state index contributed by atoms with van der Waals surface area (Å²) in [6.07, 6.45) is 3.02. The van der Waals surface area contributed by atoms with Crippen molar-refractivity contribution in [2.75, 3.05) is 47.0 Å². The molecular weight excluding hydrogens is 430 g/mol. The molecule has 7 heteroatoms. The maximum atomic E-state index is 13.0. The van der Waals surface area contributed by atoms with Gasteiger partial charge in [-0.05, 0) is 74.1 Å². The Morgan fingerprint density at radius 1 is 1.12 bits per heavy atom. The van der Waals surface area contributed by atoms with Crippen molar-refractivity contribution in [3.05, 3.63) is 23.3 Å². The monoisotopic (exact) mass is 473 g/mol. The van der Waals surface area contributed by atoms with Gasteiger partial charge in [0.05, 0.1) is 20.8 Å². The first-order chi connectivity index (χ1) is 16.3. The summed E-state index contributed by atoms with van der Waals surface area (Å²) in [6, 6.07) is 5.10. The molecule has 34 heavy (non-hydrogen) atoms. The number of carbonyl (C=O) groups excluding carboxylic acids is 1. The van der Waals surface area contributed by atoms with Gasteiger partial charge in [-0.1, -0.05) is 13.8 Å². The fraction of sp³-hybridized carbons (Fsp3) is 0.741. The van der Waals surface area contributed by atoms with Gasteiger partial charge in [0, 0.05) is 44.3 Å². The zero-order chi connectivity index (χ0) is 24.4. The van der Waals surface area contributed by atoms with Crippen molar-refractivity contribution in [1.29, 1.82) is 0 Å². The normalized spacial score (nSPS) is 29.4. The Balaban J connectivity index is 1.51. The average molecular weight is 474 g/mol. The summed E-state index contributed by atoms with van der Waals surface area (Å²) in [7, 11) is 3.39. The van der Waals surface area contributed by atoms with Crippen LogP contribution in [-0.2, 0) is 11.2 Å². The van der Waals surface area contributed by atoms with Gasteiger partial charge in [0.1, 0.15) is 0 Å². The second-order valence-electron chi connectivity index (χ2n) is 10.9. The van der Waals surface area contributed by atoms with Gasteiger partial charge >= 0.3 is 6.09 Å². The summed E-state index contributed by atoms with van der Waals surface area (Å²) in [5, 5.41) is 3.43. The third-order valence-corrected chi connectivity index (χ3v) is 7.97. The lowest BCUT2D eigenvalue weighted by molar-refractivity contribution is 0.000797. The van der Waals surface area contributed by atoms with Crippen molar-refractivity contribution >= 4 is 6.09 Å². The van der Waals surface area contributed by atoms with E-state index >= 15 is 0 Å². The molecule has 2 fully saturated rings. The van der Waals surface area contributed by atoms with Crippen LogP contribution in [0.4, 0.5) is 4.79 Å². The molecule has 7 nitrogen and oxygen atoms in total. The van der Waals surface area contributed by atoms with Gasteiger partial charge < -0.3 is 24.4 Å². The van der Waals surface area contributed by atoms with Crippen LogP contribution in [0.15, 0.2) is 12.1 Å². The topological polar surface area (TPSA) is 63.3 Å². The molecular formula is C27H43N3O4. The average Bonchev–Trinajstić information content (AvgIpc) is 2.82. The van der Waals surface area contributed by atoms with Crippen LogP contribution in [0.25, 0.3) is 0 Å². The van der Waals surface area contributed by atoms with E-state index in [1.54, 1.807) is 14.2 Å². The van der Waals surface area contributed by atoms with Gasteiger partial charge in [0.15, 0.2) is 11.5 Å². The number of nitrogens with zero attached hydrogens (tertiary/aromatic N) is 2.